The van der Waals surface area contributed by atoms with E-state index in [1.165, 1.54) is 5.56 Å². The van der Waals surface area contributed by atoms with Gasteiger partial charge < -0.3 is 0 Å². The van der Waals surface area contributed by atoms with Crippen LogP contribution in [0.4, 0.5) is 0 Å². The third-order valence-corrected chi connectivity index (χ3v) is 1.82. The molecule has 1 nitrogen and oxygen atoms in total. The first-order valence-corrected chi connectivity index (χ1v) is 4.16. The van der Waals surface area contributed by atoms with Crippen LogP contribution in [0.2, 0.25) is 0 Å². The third kappa shape index (κ3) is 2.73. The lowest BCUT2D eigenvalue weighted by atomic mass is 10.2. The Hall–Kier alpha value is -0.810. The Balaban J connectivity index is 2.60. The predicted octanol–water partition coefficient (Wildman–Crippen LogP) is 2.41. The number of aromatic nitrogens is 1. The highest BCUT2D eigenvalue weighted by molar-refractivity contribution is 9.10. The van der Waals surface area contributed by atoms with Crippen molar-refractivity contribution in [3.8, 4) is 12.3 Å². The van der Waals surface area contributed by atoms with Crippen molar-refractivity contribution in [1.82, 2.24) is 4.98 Å². The zero-order valence-electron chi connectivity index (χ0n) is 6.05. The molecule has 0 aliphatic rings. The van der Waals surface area contributed by atoms with E-state index < -0.39 is 0 Å². The van der Waals surface area contributed by atoms with Crippen LogP contribution in [0, 0.1) is 12.3 Å². The van der Waals surface area contributed by atoms with Gasteiger partial charge in [-0.3, -0.25) is 0 Å². The average molecular weight is 210 g/mol. The topological polar surface area (TPSA) is 12.9 Å². The molecule has 0 fully saturated rings. The standard InChI is InChI=1S/C9H8BrN/c1-2-3-4-8-5-6-9(10)11-7-8/h1,5-7H,3-4H2. The van der Waals surface area contributed by atoms with Gasteiger partial charge in [0.05, 0.1) is 0 Å². The Bertz CT molecular complexity index is 258. The molecule has 0 aliphatic heterocycles. The summed E-state index contributed by atoms with van der Waals surface area (Å²) in [5, 5.41) is 0. The lowest BCUT2D eigenvalue weighted by Gasteiger charge is -1.95. The van der Waals surface area contributed by atoms with Gasteiger partial charge >= 0.3 is 0 Å². The SMILES string of the molecule is C#CCCc1ccc(Br)nc1. The van der Waals surface area contributed by atoms with Crippen LogP contribution >= 0.6 is 15.9 Å². The summed E-state index contributed by atoms with van der Waals surface area (Å²) >= 11 is 3.26. The summed E-state index contributed by atoms with van der Waals surface area (Å²) in [5.74, 6) is 2.59. The van der Waals surface area contributed by atoms with Gasteiger partial charge in [0.15, 0.2) is 0 Å². The number of pyridine rings is 1. The average Bonchev–Trinajstić information content (AvgIpc) is 2.04. The molecule has 0 atom stereocenters. The number of hydrogen-bond acceptors (Lipinski definition) is 1. The van der Waals surface area contributed by atoms with E-state index in [1.54, 1.807) is 0 Å². The molecule has 1 aromatic heterocycles. The molecule has 0 N–H and O–H groups in total. The third-order valence-electron chi connectivity index (χ3n) is 1.35. The fraction of sp³-hybridized carbons (Fsp3) is 0.222. The second kappa shape index (κ2) is 4.15. The Morgan fingerprint density at radius 2 is 2.36 bits per heavy atom. The lowest BCUT2D eigenvalue weighted by molar-refractivity contribution is 1.01. The zero-order valence-corrected chi connectivity index (χ0v) is 7.63. The molecule has 1 rings (SSSR count). The fourth-order valence-corrected chi connectivity index (χ4v) is 1.01. The molecular formula is C9H8BrN. The summed E-state index contributed by atoms with van der Waals surface area (Å²) in [6, 6.07) is 3.94. The van der Waals surface area contributed by atoms with Crippen LogP contribution in [0.5, 0.6) is 0 Å². The molecule has 0 radical (unpaired) electrons. The predicted molar refractivity (Wildman–Crippen MR) is 49.1 cm³/mol. The number of rotatable bonds is 2. The molecule has 0 bridgehead atoms. The van der Waals surface area contributed by atoms with Gasteiger partial charge in [-0.15, -0.1) is 12.3 Å². The quantitative estimate of drug-likeness (QED) is 0.539. The first-order valence-electron chi connectivity index (χ1n) is 3.37. The van der Waals surface area contributed by atoms with E-state index in [2.05, 4.69) is 26.8 Å². The van der Waals surface area contributed by atoms with E-state index in [0.717, 1.165) is 17.4 Å². The molecular weight excluding hydrogens is 202 g/mol. The zero-order chi connectivity index (χ0) is 8.10. The second-order valence-electron chi connectivity index (χ2n) is 2.19. The van der Waals surface area contributed by atoms with Crippen molar-refractivity contribution in [2.24, 2.45) is 0 Å². The van der Waals surface area contributed by atoms with Crippen LogP contribution in [0.15, 0.2) is 22.9 Å². The summed E-state index contributed by atoms with van der Waals surface area (Å²) in [5.41, 5.74) is 1.19. The minimum Gasteiger partial charge on any atom is -0.249 e. The highest BCUT2D eigenvalue weighted by atomic mass is 79.9. The van der Waals surface area contributed by atoms with E-state index in [-0.39, 0.29) is 0 Å². The number of halogens is 1. The lowest BCUT2D eigenvalue weighted by Crippen LogP contribution is -1.84. The monoisotopic (exact) mass is 209 g/mol. The van der Waals surface area contributed by atoms with Gasteiger partial charge in [0, 0.05) is 12.6 Å². The molecule has 0 aromatic carbocycles. The highest BCUT2D eigenvalue weighted by Gasteiger charge is 1.91. The number of nitrogens with zero attached hydrogens (tertiary/aromatic N) is 1. The molecule has 56 valence electrons. The first-order chi connectivity index (χ1) is 5.33. The van der Waals surface area contributed by atoms with Crippen LogP contribution in [0.1, 0.15) is 12.0 Å². The van der Waals surface area contributed by atoms with Crippen molar-refractivity contribution in [3.63, 3.8) is 0 Å². The van der Waals surface area contributed by atoms with Crippen LogP contribution in [0.25, 0.3) is 0 Å². The van der Waals surface area contributed by atoms with Crippen molar-refractivity contribution in [3.05, 3.63) is 28.5 Å². The van der Waals surface area contributed by atoms with Gasteiger partial charge in [-0.1, -0.05) is 6.07 Å². The van der Waals surface area contributed by atoms with E-state index in [1.807, 2.05) is 18.3 Å². The summed E-state index contributed by atoms with van der Waals surface area (Å²) in [7, 11) is 0. The number of hydrogen-bond donors (Lipinski definition) is 0. The van der Waals surface area contributed by atoms with E-state index in [9.17, 15) is 0 Å². The fourth-order valence-electron chi connectivity index (χ4n) is 0.771. The molecule has 0 saturated heterocycles. The molecule has 0 unspecified atom stereocenters. The van der Waals surface area contributed by atoms with Gasteiger partial charge in [-0.25, -0.2) is 4.98 Å². The Morgan fingerprint density at radius 1 is 1.55 bits per heavy atom. The van der Waals surface area contributed by atoms with Crippen molar-refractivity contribution < 1.29 is 0 Å². The maximum absolute atomic E-state index is 5.13. The number of terminal acetylenes is 1. The van der Waals surface area contributed by atoms with E-state index >= 15 is 0 Å². The van der Waals surface area contributed by atoms with Crippen LogP contribution in [-0.2, 0) is 6.42 Å². The highest BCUT2D eigenvalue weighted by Crippen LogP contribution is 2.07. The molecule has 11 heavy (non-hydrogen) atoms. The van der Waals surface area contributed by atoms with E-state index in [0.29, 0.717) is 0 Å². The van der Waals surface area contributed by atoms with Crippen LogP contribution in [-0.4, -0.2) is 4.98 Å². The molecule has 0 spiro atoms. The van der Waals surface area contributed by atoms with Crippen LogP contribution in [0.3, 0.4) is 0 Å². The summed E-state index contributed by atoms with van der Waals surface area (Å²) < 4.78 is 0.863. The Labute approximate surface area is 75.0 Å². The largest absolute Gasteiger partial charge is 0.249 e. The summed E-state index contributed by atoms with van der Waals surface area (Å²) in [6.07, 6.45) is 8.66. The van der Waals surface area contributed by atoms with Crippen molar-refractivity contribution >= 4 is 15.9 Å². The molecule has 1 aromatic rings. The van der Waals surface area contributed by atoms with Crippen molar-refractivity contribution in [2.75, 3.05) is 0 Å². The Kier molecular flexibility index (Phi) is 3.13. The van der Waals surface area contributed by atoms with Gasteiger partial charge in [-0.2, -0.15) is 0 Å². The molecule has 0 aliphatic carbocycles. The maximum Gasteiger partial charge on any atom is 0.106 e. The van der Waals surface area contributed by atoms with Gasteiger partial charge in [-0.05, 0) is 34.0 Å². The van der Waals surface area contributed by atoms with Crippen LogP contribution < -0.4 is 0 Å². The van der Waals surface area contributed by atoms with Gasteiger partial charge in [0.25, 0.3) is 0 Å². The minimum absolute atomic E-state index is 0.781. The van der Waals surface area contributed by atoms with E-state index in [4.69, 9.17) is 6.42 Å². The summed E-state index contributed by atoms with van der Waals surface area (Å²) in [4.78, 5) is 4.08. The normalized spacial score (nSPS) is 9.09. The molecule has 0 saturated carbocycles. The van der Waals surface area contributed by atoms with Crippen molar-refractivity contribution in [2.45, 2.75) is 12.8 Å². The molecule has 0 amide bonds. The Morgan fingerprint density at radius 3 is 2.91 bits per heavy atom. The minimum atomic E-state index is 0.781. The summed E-state index contributed by atoms with van der Waals surface area (Å²) in [6.45, 7) is 0. The van der Waals surface area contributed by atoms with Crippen molar-refractivity contribution in [1.29, 1.82) is 0 Å². The first kappa shape index (κ1) is 8.29. The molecule has 2 heteroatoms. The smallest absolute Gasteiger partial charge is 0.106 e. The van der Waals surface area contributed by atoms with Gasteiger partial charge in [0.2, 0.25) is 0 Å². The molecule has 1 heterocycles. The second-order valence-corrected chi connectivity index (χ2v) is 3.01. The number of aryl methyl sites for hydroxylation is 1. The van der Waals surface area contributed by atoms with Gasteiger partial charge in [0.1, 0.15) is 4.60 Å². The maximum atomic E-state index is 5.13.